The molecular formula is C15H18N2O3S. The predicted octanol–water partition coefficient (Wildman–Crippen LogP) is 2.57. The van der Waals surface area contributed by atoms with Gasteiger partial charge in [-0.2, -0.15) is 0 Å². The summed E-state index contributed by atoms with van der Waals surface area (Å²) in [5.74, 6) is 0.548. The maximum Gasteiger partial charge on any atom is 0.225 e. The summed E-state index contributed by atoms with van der Waals surface area (Å²) in [5, 5.41) is 4.76. The van der Waals surface area contributed by atoms with Gasteiger partial charge in [0.15, 0.2) is 0 Å². The number of hydrogen-bond donors (Lipinski definition) is 1. The van der Waals surface area contributed by atoms with Gasteiger partial charge >= 0.3 is 0 Å². The van der Waals surface area contributed by atoms with Crippen molar-refractivity contribution in [2.24, 2.45) is 0 Å². The topological polar surface area (TPSA) is 62.6 Å². The van der Waals surface area contributed by atoms with Gasteiger partial charge in [-0.3, -0.25) is 9.59 Å². The molecule has 0 aliphatic rings. The fraction of sp³-hybridized carbons (Fsp3) is 0.333. The molecule has 2 aromatic heterocycles. The highest BCUT2D eigenvalue weighted by molar-refractivity contribution is 7.10. The zero-order chi connectivity index (χ0) is 15.2. The lowest BCUT2D eigenvalue weighted by Gasteiger charge is -2.21. The fourth-order valence-corrected chi connectivity index (χ4v) is 2.79. The standard InChI is InChI=1S/C15H18N2O3S/c1-11(18)16-13(14-6-4-8-21-14)9-15(19)17(2)10-12-5-3-7-20-12/h3-8,13H,9-10H2,1-2H3,(H,16,18)/t13-/m0/s1. The van der Waals surface area contributed by atoms with Gasteiger partial charge in [0.1, 0.15) is 5.76 Å². The van der Waals surface area contributed by atoms with Gasteiger partial charge in [-0.05, 0) is 23.6 Å². The zero-order valence-corrected chi connectivity index (χ0v) is 12.9. The van der Waals surface area contributed by atoms with Crippen molar-refractivity contribution in [1.29, 1.82) is 0 Å². The summed E-state index contributed by atoms with van der Waals surface area (Å²) < 4.78 is 5.23. The third kappa shape index (κ3) is 4.46. The van der Waals surface area contributed by atoms with Crippen LogP contribution in [-0.4, -0.2) is 23.8 Å². The van der Waals surface area contributed by atoms with Crippen molar-refractivity contribution in [1.82, 2.24) is 10.2 Å². The van der Waals surface area contributed by atoms with Gasteiger partial charge in [-0.25, -0.2) is 0 Å². The summed E-state index contributed by atoms with van der Waals surface area (Å²) in [6.45, 7) is 1.88. The van der Waals surface area contributed by atoms with E-state index in [1.807, 2.05) is 23.6 Å². The second kappa shape index (κ2) is 7.08. The quantitative estimate of drug-likeness (QED) is 0.892. The number of furan rings is 1. The molecule has 0 radical (unpaired) electrons. The number of hydrogen-bond acceptors (Lipinski definition) is 4. The van der Waals surface area contributed by atoms with E-state index in [0.717, 1.165) is 10.6 Å². The Labute approximate surface area is 127 Å². The van der Waals surface area contributed by atoms with Crippen LogP contribution in [0.1, 0.15) is 30.0 Å². The van der Waals surface area contributed by atoms with Crippen LogP contribution in [0.5, 0.6) is 0 Å². The van der Waals surface area contributed by atoms with Crippen molar-refractivity contribution >= 4 is 23.2 Å². The number of nitrogens with one attached hydrogen (secondary N) is 1. The van der Waals surface area contributed by atoms with E-state index in [0.29, 0.717) is 6.54 Å². The summed E-state index contributed by atoms with van der Waals surface area (Å²) in [5.41, 5.74) is 0. The smallest absolute Gasteiger partial charge is 0.225 e. The second-order valence-electron chi connectivity index (χ2n) is 4.80. The van der Waals surface area contributed by atoms with Crippen LogP contribution in [0.25, 0.3) is 0 Å². The van der Waals surface area contributed by atoms with Crippen molar-refractivity contribution < 1.29 is 14.0 Å². The van der Waals surface area contributed by atoms with Gasteiger partial charge in [0.05, 0.1) is 25.3 Å². The Hall–Kier alpha value is -2.08. The lowest BCUT2D eigenvalue weighted by atomic mass is 10.1. The molecule has 0 spiro atoms. The molecule has 112 valence electrons. The van der Waals surface area contributed by atoms with E-state index in [4.69, 9.17) is 4.42 Å². The Morgan fingerprint density at radius 3 is 2.76 bits per heavy atom. The Bertz CT molecular complexity index is 578. The molecule has 21 heavy (non-hydrogen) atoms. The van der Waals surface area contributed by atoms with Gasteiger partial charge in [0, 0.05) is 18.8 Å². The molecule has 0 aliphatic carbocycles. The Morgan fingerprint density at radius 1 is 1.38 bits per heavy atom. The van der Waals surface area contributed by atoms with E-state index < -0.39 is 0 Å². The monoisotopic (exact) mass is 306 g/mol. The minimum atomic E-state index is -0.283. The highest BCUT2D eigenvalue weighted by atomic mass is 32.1. The van der Waals surface area contributed by atoms with Crippen LogP contribution >= 0.6 is 11.3 Å². The van der Waals surface area contributed by atoms with Crippen LogP contribution in [0, 0.1) is 0 Å². The average molecular weight is 306 g/mol. The van der Waals surface area contributed by atoms with Crippen molar-refractivity contribution in [2.45, 2.75) is 25.9 Å². The molecule has 0 aromatic carbocycles. The number of carbonyl (C=O) groups excluding carboxylic acids is 2. The second-order valence-corrected chi connectivity index (χ2v) is 5.78. The summed E-state index contributed by atoms with van der Waals surface area (Å²) >= 11 is 1.53. The van der Waals surface area contributed by atoms with Crippen LogP contribution in [-0.2, 0) is 16.1 Å². The van der Waals surface area contributed by atoms with Crippen LogP contribution in [0.15, 0.2) is 40.3 Å². The molecule has 2 amide bonds. The molecule has 2 heterocycles. The van der Waals surface area contributed by atoms with E-state index in [9.17, 15) is 9.59 Å². The van der Waals surface area contributed by atoms with Gasteiger partial charge in [0.2, 0.25) is 11.8 Å². The first-order valence-corrected chi connectivity index (χ1v) is 7.51. The van der Waals surface area contributed by atoms with Gasteiger partial charge in [-0.1, -0.05) is 6.07 Å². The highest BCUT2D eigenvalue weighted by Crippen LogP contribution is 2.23. The average Bonchev–Trinajstić information content (AvgIpc) is 3.10. The first kappa shape index (κ1) is 15.3. The van der Waals surface area contributed by atoms with Crippen molar-refractivity contribution in [3.63, 3.8) is 0 Å². The Balaban J connectivity index is 1.98. The number of nitrogens with zero attached hydrogens (tertiary/aromatic N) is 1. The summed E-state index contributed by atoms with van der Waals surface area (Å²) in [4.78, 5) is 26.2. The van der Waals surface area contributed by atoms with E-state index in [2.05, 4.69) is 5.32 Å². The molecule has 0 unspecified atom stereocenters. The lowest BCUT2D eigenvalue weighted by Crippen LogP contribution is -2.33. The minimum Gasteiger partial charge on any atom is -0.467 e. The fourth-order valence-electron chi connectivity index (χ4n) is 2.01. The first-order valence-electron chi connectivity index (χ1n) is 6.63. The molecular weight excluding hydrogens is 288 g/mol. The van der Waals surface area contributed by atoms with E-state index >= 15 is 0 Å². The minimum absolute atomic E-state index is 0.0430. The molecule has 2 rings (SSSR count). The maximum absolute atomic E-state index is 12.3. The van der Waals surface area contributed by atoms with Crippen molar-refractivity contribution in [3.8, 4) is 0 Å². The van der Waals surface area contributed by atoms with E-state index in [-0.39, 0.29) is 24.3 Å². The number of rotatable bonds is 6. The summed E-state index contributed by atoms with van der Waals surface area (Å²) in [6.07, 6.45) is 1.82. The highest BCUT2D eigenvalue weighted by Gasteiger charge is 2.20. The molecule has 1 atom stereocenters. The number of amides is 2. The van der Waals surface area contributed by atoms with Gasteiger partial charge < -0.3 is 14.6 Å². The van der Waals surface area contributed by atoms with Crippen LogP contribution in [0.3, 0.4) is 0 Å². The molecule has 0 fully saturated rings. The van der Waals surface area contributed by atoms with Crippen LogP contribution in [0.2, 0.25) is 0 Å². The summed E-state index contributed by atoms with van der Waals surface area (Å²) in [7, 11) is 1.73. The van der Waals surface area contributed by atoms with E-state index in [1.54, 1.807) is 24.3 Å². The van der Waals surface area contributed by atoms with Crippen LogP contribution in [0.4, 0.5) is 0 Å². The molecule has 0 bridgehead atoms. The Morgan fingerprint density at radius 2 is 2.19 bits per heavy atom. The predicted molar refractivity (Wildman–Crippen MR) is 80.7 cm³/mol. The molecule has 5 nitrogen and oxygen atoms in total. The Kier molecular flexibility index (Phi) is 5.16. The van der Waals surface area contributed by atoms with Crippen molar-refractivity contribution in [3.05, 3.63) is 46.5 Å². The first-order chi connectivity index (χ1) is 10.1. The third-order valence-electron chi connectivity index (χ3n) is 3.04. The molecule has 1 N–H and O–H groups in total. The molecule has 0 saturated heterocycles. The van der Waals surface area contributed by atoms with Gasteiger partial charge in [-0.15, -0.1) is 11.3 Å². The molecule has 0 saturated carbocycles. The SMILES string of the molecule is CC(=O)N[C@@H](CC(=O)N(C)Cc1ccco1)c1cccs1. The van der Waals surface area contributed by atoms with E-state index in [1.165, 1.54) is 18.3 Å². The zero-order valence-electron chi connectivity index (χ0n) is 12.0. The molecule has 2 aromatic rings. The molecule has 0 aliphatic heterocycles. The van der Waals surface area contributed by atoms with Crippen LogP contribution < -0.4 is 5.32 Å². The maximum atomic E-state index is 12.3. The summed E-state index contributed by atoms with van der Waals surface area (Å²) in [6, 6.07) is 7.17. The van der Waals surface area contributed by atoms with Crippen molar-refractivity contribution in [2.75, 3.05) is 7.05 Å². The number of carbonyl (C=O) groups is 2. The third-order valence-corrected chi connectivity index (χ3v) is 4.03. The number of thiophene rings is 1. The molecule has 6 heteroatoms. The normalized spacial score (nSPS) is 11.9. The largest absolute Gasteiger partial charge is 0.467 e. The van der Waals surface area contributed by atoms with Gasteiger partial charge in [0.25, 0.3) is 0 Å². The lowest BCUT2D eigenvalue weighted by molar-refractivity contribution is -0.131.